The number of halogens is 1. The molecule has 2 aliphatic rings. The van der Waals surface area contributed by atoms with Gasteiger partial charge in [0, 0.05) is 29.7 Å². The number of amides is 2. The fourth-order valence-corrected chi connectivity index (χ4v) is 5.48. The quantitative estimate of drug-likeness (QED) is 0.460. The molecular weight excluding hydrogens is 490 g/mol. The SMILES string of the molecule is CC(=O)N1CCC(NC(=O)C2Cc3c(C)cc(O)cc3CCN2)c2cc(Oc3cccc(Cl)c3)ccc21. The molecule has 7 nitrogen and oxygen atoms in total. The lowest BCUT2D eigenvalue weighted by atomic mass is 9.93. The highest BCUT2D eigenvalue weighted by atomic mass is 35.5. The Labute approximate surface area is 221 Å². The highest BCUT2D eigenvalue weighted by Gasteiger charge is 2.31. The smallest absolute Gasteiger partial charge is 0.237 e. The second-order valence-corrected chi connectivity index (χ2v) is 10.1. The zero-order chi connectivity index (χ0) is 26.1. The van der Waals surface area contributed by atoms with Crippen LogP contribution in [-0.2, 0) is 22.4 Å². The van der Waals surface area contributed by atoms with Crippen LogP contribution in [0.3, 0.4) is 0 Å². The molecule has 0 spiro atoms. The minimum absolute atomic E-state index is 0.0460. The molecule has 2 amide bonds. The van der Waals surface area contributed by atoms with E-state index in [1.165, 1.54) is 0 Å². The van der Waals surface area contributed by atoms with Gasteiger partial charge in [-0.2, -0.15) is 0 Å². The number of rotatable bonds is 4. The van der Waals surface area contributed by atoms with Crippen molar-refractivity contribution in [3.8, 4) is 17.2 Å². The predicted octanol–water partition coefficient (Wildman–Crippen LogP) is 4.82. The highest BCUT2D eigenvalue weighted by molar-refractivity contribution is 6.30. The van der Waals surface area contributed by atoms with E-state index in [9.17, 15) is 14.7 Å². The Hall–Kier alpha value is -3.55. The van der Waals surface area contributed by atoms with Crippen molar-refractivity contribution in [2.45, 2.75) is 45.2 Å². The Morgan fingerprint density at radius 3 is 2.73 bits per heavy atom. The van der Waals surface area contributed by atoms with Crippen molar-refractivity contribution in [1.29, 1.82) is 0 Å². The maximum absolute atomic E-state index is 13.5. The van der Waals surface area contributed by atoms with E-state index < -0.39 is 6.04 Å². The summed E-state index contributed by atoms with van der Waals surface area (Å²) >= 11 is 6.11. The summed E-state index contributed by atoms with van der Waals surface area (Å²) in [6, 6.07) is 15.6. The standard InChI is InChI=1S/C29H30ClN3O4/c1-17-12-21(35)13-19-8-10-31-27(16-24(17)19)29(36)32-26-9-11-33(18(2)34)28-7-6-23(15-25(26)28)37-22-5-3-4-20(30)14-22/h3-7,12-15,26-27,31,35H,8-11,16H2,1-2H3,(H,32,36). The largest absolute Gasteiger partial charge is 0.508 e. The molecule has 3 aromatic rings. The molecule has 0 aliphatic carbocycles. The molecule has 0 radical (unpaired) electrons. The van der Waals surface area contributed by atoms with Crippen LogP contribution in [0.25, 0.3) is 0 Å². The van der Waals surface area contributed by atoms with Gasteiger partial charge in [-0.1, -0.05) is 17.7 Å². The number of nitrogens with one attached hydrogen (secondary N) is 2. The van der Waals surface area contributed by atoms with E-state index in [0.717, 1.165) is 34.4 Å². The molecule has 0 saturated carbocycles. The first kappa shape index (κ1) is 25.1. The van der Waals surface area contributed by atoms with Gasteiger partial charge in [-0.15, -0.1) is 0 Å². The topological polar surface area (TPSA) is 90.9 Å². The van der Waals surface area contributed by atoms with Gasteiger partial charge in [0.1, 0.15) is 17.2 Å². The number of carbonyl (C=O) groups is 2. The van der Waals surface area contributed by atoms with Crippen LogP contribution in [0.4, 0.5) is 5.69 Å². The summed E-state index contributed by atoms with van der Waals surface area (Å²) in [7, 11) is 0. The van der Waals surface area contributed by atoms with Crippen molar-refractivity contribution in [3.63, 3.8) is 0 Å². The maximum Gasteiger partial charge on any atom is 0.237 e. The molecule has 0 aromatic heterocycles. The minimum Gasteiger partial charge on any atom is -0.508 e. The van der Waals surface area contributed by atoms with Crippen LogP contribution in [0.2, 0.25) is 5.02 Å². The number of aromatic hydroxyl groups is 1. The summed E-state index contributed by atoms with van der Waals surface area (Å²) in [5, 5.41) is 17.2. The number of phenolic OH excluding ortho intramolecular Hbond substituents is 1. The Kier molecular flexibility index (Phi) is 7.09. The van der Waals surface area contributed by atoms with Gasteiger partial charge >= 0.3 is 0 Å². The molecule has 8 heteroatoms. The lowest BCUT2D eigenvalue weighted by Gasteiger charge is -2.35. The van der Waals surface area contributed by atoms with E-state index in [1.807, 2.05) is 37.3 Å². The first-order valence-electron chi connectivity index (χ1n) is 12.5. The van der Waals surface area contributed by atoms with E-state index >= 15 is 0 Å². The van der Waals surface area contributed by atoms with Gasteiger partial charge in [0.05, 0.1) is 12.1 Å². The molecule has 37 heavy (non-hydrogen) atoms. The van der Waals surface area contributed by atoms with Crippen molar-refractivity contribution in [2.75, 3.05) is 18.0 Å². The molecular formula is C29H30ClN3O4. The number of hydrogen-bond donors (Lipinski definition) is 3. The van der Waals surface area contributed by atoms with Crippen molar-refractivity contribution in [1.82, 2.24) is 10.6 Å². The van der Waals surface area contributed by atoms with Crippen molar-refractivity contribution >= 4 is 29.1 Å². The molecule has 3 aromatic carbocycles. The molecule has 5 rings (SSSR count). The second kappa shape index (κ2) is 10.4. The summed E-state index contributed by atoms with van der Waals surface area (Å²) in [5.74, 6) is 1.32. The van der Waals surface area contributed by atoms with Crippen LogP contribution in [0.15, 0.2) is 54.6 Å². The first-order chi connectivity index (χ1) is 17.8. The highest BCUT2D eigenvalue weighted by Crippen LogP contribution is 2.38. The van der Waals surface area contributed by atoms with Crippen LogP contribution in [0, 0.1) is 6.92 Å². The molecule has 2 aliphatic heterocycles. The molecule has 2 heterocycles. The number of carbonyl (C=O) groups excluding carboxylic acids is 2. The average molecular weight is 520 g/mol. The summed E-state index contributed by atoms with van der Waals surface area (Å²) in [4.78, 5) is 27.6. The fraction of sp³-hybridized carbons (Fsp3) is 0.310. The van der Waals surface area contributed by atoms with Gasteiger partial charge in [0.15, 0.2) is 0 Å². The molecule has 2 atom stereocenters. The summed E-state index contributed by atoms with van der Waals surface area (Å²) in [6.45, 7) is 4.67. The lowest BCUT2D eigenvalue weighted by Crippen LogP contribution is -2.48. The normalized spacial score (nSPS) is 18.8. The van der Waals surface area contributed by atoms with Gasteiger partial charge < -0.3 is 25.4 Å². The third-order valence-corrected chi connectivity index (χ3v) is 7.33. The molecule has 0 saturated heterocycles. The number of ether oxygens (including phenoxy) is 1. The predicted molar refractivity (Wildman–Crippen MR) is 144 cm³/mol. The lowest BCUT2D eigenvalue weighted by molar-refractivity contribution is -0.123. The molecule has 3 N–H and O–H groups in total. The van der Waals surface area contributed by atoms with Crippen molar-refractivity contribution < 1.29 is 19.4 Å². The van der Waals surface area contributed by atoms with Gasteiger partial charge in [0.25, 0.3) is 0 Å². The van der Waals surface area contributed by atoms with Crippen LogP contribution >= 0.6 is 11.6 Å². The number of aryl methyl sites for hydroxylation is 1. The van der Waals surface area contributed by atoms with Gasteiger partial charge in [-0.05, 0) is 98.0 Å². The molecule has 0 fully saturated rings. The number of benzene rings is 3. The molecule has 2 unspecified atom stereocenters. The number of nitrogens with zero attached hydrogens (tertiary/aromatic N) is 1. The van der Waals surface area contributed by atoms with Gasteiger partial charge in [-0.25, -0.2) is 0 Å². The summed E-state index contributed by atoms with van der Waals surface area (Å²) < 4.78 is 6.04. The monoisotopic (exact) mass is 519 g/mol. The first-order valence-corrected chi connectivity index (χ1v) is 12.9. The Morgan fingerprint density at radius 1 is 1.14 bits per heavy atom. The maximum atomic E-state index is 13.5. The summed E-state index contributed by atoms with van der Waals surface area (Å²) in [6.07, 6.45) is 1.89. The van der Waals surface area contributed by atoms with E-state index in [1.54, 1.807) is 36.1 Å². The zero-order valence-corrected chi connectivity index (χ0v) is 21.6. The number of anilines is 1. The van der Waals surface area contributed by atoms with Gasteiger partial charge in [-0.3, -0.25) is 9.59 Å². The Bertz CT molecular complexity index is 1360. The van der Waals surface area contributed by atoms with Crippen LogP contribution in [0.5, 0.6) is 17.2 Å². The van der Waals surface area contributed by atoms with Crippen LogP contribution < -0.4 is 20.3 Å². The van der Waals surface area contributed by atoms with Crippen molar-refractivity contribution in [3.05, 3.63) is 81.9 Å². The van der Waals surface area contributed by atoms with E-state index in [4.69, 9.17) is 16.3 Å². The third-order valence-electron chi connectivity index (χ3n) is 7.09. The second-order valence-electron chi connectivity index (χ2n) is 9.66. The van der Waals surface area contributed by atoms with E-state index in [0.29, 0.717) is 42.5 Å². The molecule has 0 bridgehead atoms. The van der Waals surface area contributed by atoms with Crippen LogP contribution in [0.1, 0.15) is 41.6 Å². The van der Waals surface area contributed by atoms with Crippen LogP contribution in [-0.4, -0.2) is 36.1 Å². The van der Waals surface area contributed by atoms with Gasteiger partial charge in [0.2, 0.25) is 11.8 Å². The molecule has 192 valence electrons. The third kappa shape index (κ3) is 5.43. The number of phenols is 1. The number of fused-ring (bicyclic) bond motifs is 2. The van der Waals surface area contributed by atoms with E-state index in [2.05, 4.69) is 10.6 Å². The summed E-state index contributed by atoms with van der Waals surface area (Å²) in [5.41, 5.74) is 4.77. The fourth-order valence-electron chi connectivity index (χ4n) is 5.30. The van der Waals surface area contributed by atoms with Crippen molar-refractivity contribution in [2.24, 2.45) is 0 Å². The Morgan fingerprint density at radius 2 is 1.95 bits per heavy atom. The number of hydrogen-bond acceptors (Lipinski definition) is 5. The van der Waals surface area contributed by atoms with E-state index in [-0.39, 0.29) is 23.6 Å². The zero-order valence-electron chi connectivity index (χ0n) is 20.9. The average Bonchev–Trinajstić information content (AvgIpc) is 3.07. The minimum atomic E-state index is -0.398. The Balaban J connectivity index is 1.40.